The molecule has 96 valence electrons. The summed E-state index contributed by atoms with van der Waals surface area (Å²) in [4.78, 5) is 0. The molecule has 0 aromatic rings. The minimum atomic E-state index is -0.00287. The zero-order valence-corrected chi connectivity index (χ0v) is 10.5. The molecule has 1 fully saturated rings. The van der Waals surface area contributed by atoms with Gasteiger partial charge in [-0.05, 0) is 25.8 Å². The molecule has 0 radical (unpaired) electrons. The largest absolute Gasteiger partial charge is 0.385 e. The summed E-state index contributed by atoms with van der Waals surface area (Å²) in [6, 6.07) is 0.484. The third-order valence-corrected chi connectivity index (χ3v) is 2.75. The molecule has 4 nitrogen and oxygen atoms in total. The summed E-state index contributed by atoms with van der Waals surface area (Å²) in [6.45, 7) is 5.55. The van der Waals surface area contributed by atoms with E-state index in [0.717, 1.165) is 52.0 Å². The van der Waals surface area contributed by atoms with Gasteiger partial charge in [0.15, 0.2) is 6.29 Å². The molecule has 0 spiro atoms. The second kappa shape index (κ2) is 8.93. The van der Waals surface area contributed by atoms with E-state index in [1.54, 1.807) is 7.11 Å². The van der Waals surface area contributed by atoms with Crippen LogP contribution in [0.15, 0.2) is 0 Å². The van der Waals surface area contributed by atoms with E-state index in [1.807, 2.05) is 0 Å². The summed E-state index contributed by atoms with van der Waals surface area (Å²) < 4.78 is 16.0. The Balaban J connectivity index is 2.18. The van der Waals surface area contributed by atoms with Crippen LogP contribution in [0.4, 0.5) is 0 Å². The molecule has 1 saturated heterocycles. The average molecular weight is 231 g/mol. The van der Waals surface area contributed by atoms with Gasteiger partial charge in [-0.2, -0.15) is 0 Å². The first-order chi connectivity index (χ1) is 7.86. The molecule has 0 aromatic carbocycles. The summed E-state index contributed by atoms with van der Waals surface area (Å²) in [5.41, 5.74) is 0. The SMILES string of the molecule is CCCNC(CCCOC)CC1OCCO1. The van der Waals surface area contributed by atoms with Crippen LogP contribution in [0, 0.1) is 0 Å². The smallest absolute Gasteiger partial charge is 0.159 e. The normalized spacial score (nSPS) is 19.1. The van der Waals surface area contributed by atoms with E-state index in [9.17, 15) is 0 Å². The number of rotatable bonds is 9. The summed E-state index contributed by atoms with van der Waals surface area (Å²) in [5, 5.41) is 3.54. The highest BCUT2D eigenvalue weighted by Crippen LogP contribution is 2.13. The molecule has 1 heterocycles. The molecule has 0 saturated carbocycles. The van der Waals surface area contributed by atoms with Crippen LogP contribution in [0.3, 0.4) is 0 Å². The molecule has 1 unspecified atom stereocenters. The topological polar surface area (TPSA) is 39.7 Å². The maximum absolute atomic E-state index is 5.48. The molecule has 0 aliphatic carbocycles. The monoisotopic (exact) mass is 231 g/mol. The summed E-state index contributed by atoms with van der Waals surface area (Å²) in [5.74, 6) is 0. The van der Waals surface area contributed by atoms with Crippen LogP contribution in [0.1, 0.15) is 32.6 Å². The number of ether oxygens (including phenoxy) is 3. The lowest BCUT2D eigenvalue weighted by Crippen LogP contribution is -2.33. The van der Waals surface area contributed by atoms with Crippen molar-refractivity contribution in [1.29, 1.82) is 0 Å². The molecule has 1 aliphatic heterocycles. The molecule has 4 heteroatoms. The first-order valence-corrected chi connectivity index (χ1v) is 6.32. The van der Waals surface area contributed by atoms with Crippen molar-refractivity contribution in [1.82, 2.24) is 5.32 Å². The van der Waals surface area contributed by atoms with E-state index in [2.05, 4.69) is 12.2 Å². The predicted molar refractivity (Wildman–Crippen MR) is 63.5 cm³/mol. The maximum Gasteiger partial charge on any atom is 0.159 e. The fraction of sp³-hybridized carbons (Fsp3) is 1.00. The van der Waals surface area contributed by atoms with E-state index >= 15 is 0 Å². The van der Waals surface area contributed by atoms with Gasteiger partial charge in [-0.1, -0.05) is 6.92 Å². The zero-order chi connectivity index (χ0) is 11.6. The molecular formula is C12H25NO3. The van der Waals surface area contributed by atoms with Gasteiger partial charge in [0.05, 0.1) is 13.2 Å². The van der Waals surface area contributed by atoms with Crippen molar-refractivity contribution >= 4 is 0 Å². The van der Waals surface area contributed by atoms with E-state index in [0.29, 0.717) is 6.04 Å². The Morgan fingerprint density at radius 1 is 1.38 bits per heavy atom. The maximum atomic E-state index is 5.48. The molecular weight excluding hydrogens is 206 g/mol. The molecule has 0 aromatic heterocycles. The van der Waals surface area contributed by atoms with Gasteiger partial charge in [0.1, 0.15) is 0 Å². The lowest BCUT2D eigenvalue weighted by atomic mass is 10.1. The predicted octanol–water partition coefficient (Wildman–Crippen LogP) is 1.54. The number of hydrogen-bond acceptors (Lipinski definition) is 4. The lowest BCUT2D eigenvalue weighted by molar-refractivity contribution is -0.0534. The van der Waals surface area contributed by atoms with Crippen LogP contribution in [0.25, 0.3) is 0 Å². The van der Waals surface area contributed by atoms with Crippen LogP contribution in [-0.2, 0) is 14.2 Å². The Morgan fingerprint density at radius 3 is 2.75 bits per heavy atom. The second-order valence-corrected chi connectivity index (χ2v) is 4.19. The lowest BCUT2D eigenvalue weighted by Gasteiger charge is -2.21. The Labute approximate surface area is 98.6 Å². The van der Waals surface area contributed by atoms with Gasteiger partial charge in [0, 0.05) is 26.2 Å². The minimum Gasteiger partial charge on any atom is -0.385 e. The molecule has 1 rings (SSSR count). The van der Waals surface area contributed by atoms with E-state index in [1.165, 1.54) is 0 Å². The first kappa shape index (κ1) is 13.9. The number of nitrogens with one attached hydrogen (secondary N) is 1. The van der Waals surface area contributed by atoms with Gasteiger partial charge in [0.2, 0.25) is 0 Å². The van der Waals surface area contributed by atoms with Gasteiger partial charge in [0.25, 0.3) is 0 Å². The third kappa shape index (κ3) is 5.80. The molecule has 1 aliphatic rings. The number of methoxy groups -OCH3 is 1. The Kier molecular flexibility index (Phi) is 7.76. The van der Waals surface area contributed by atoms with Crippen LogP contribution in [-0.4, -0.2) is 45.8 Å². The van der Waals surface area contributed by atoms with Crippen LogP contribution in [0.2, 0.25) is 0 Å². The highest BCUT2D eigenvalue weighted by atomic mass is 16.7. The second-order valence-electron chi connectivity index (χ2n) is 4.19. The van der Waals surface area contributed by atoms with Crippen molar-refractivity contribution in [3.8, 4) is 0 Å². The molecule has 16 heavy (non-hydrogen) atoms. The zero-order valence-electron chi connectivity index (χ0n) is 10.5. The Hall–Kier alpha value is -0.160. The minimum absolute atomic E-state index is 0.00287. The van der Waals surface area contributed by atoms with Gasteiger partial charge in [-0.25, -0.2) is 0 Å². The van der Waals surface area contributed by atoms with E-state index in [4.69, 9.17) is 14.2 Å². The Morgan fingerprint density at radius 2 is 2.12 bits per heavy atom. The first-order valence-electron chi connectivity index (χ1n) is 6.32. The van der Waals surface area contributed by atoms with Crippen LogP contribution >= 0.6 is 0 Å². The molecule has 1 N–H and O–H groups in total. The highest BCUT2D eigenvalue weighted by Gasteiger charge is 2.20. The van der Waals surface area contributed by atoms with Gasteiger partial charge >= 0.3 is 0 Å². The van der Waals surface area contributed by atoms with Crippen LogP contribution in [0.5, 0.6) is 0 Å². The number of hydrogen-bond donors (Lipinski definition) is 1. The summed E-state index contributed by atoms with van der Waals surface area (Å²) >= 11 is 0. The van der Waals surface area contributed by atoms with Crippen molar-refractivity contribution in [3.63, 3.8) is 0 Å². The molecule has 0 amide bonds. The van der Waals surface area contributed by atoms with E-state index < -0.39 is 0 Å². The highest BCUT2D eigenvalue weighted by molar-refractivity contribution is 4.70. The quantitative estimate of drug-likeness (QED) is 0.611. The summed E-state index contributed by atoms with van der Waals surface area (Å²) in [7, 11) is 1.75. The van der Waals surface area contributed by atoms with Gasteiger partial charge in [-0.15, -0.1) is 0 Å². The van der Waals surface area contributed by atoms with Crippen molar-refractivity contribution in [2.45, 2.75) is 44.9 Å². The summed E-state index contributed by atoms with van der Waals surface area (Å²) in [6.07, 6.45) is 4.32. The van der Waals surface area contributed by atoms with Crippen molar-refractivity contribution < 1.29 is 14.2 Å². The van der Waals surface area contributed by atoms with Crippen molar-refractivity contribution in [2.75, 3.05) is 33.5 Å². The van der Waals surface area contributed by atoms with Crippen molar-refractivity contribution in [2.24, 2.45) is 0 Å². The van der Waals surface area contributed by atoms with Crippen LogP contribution < -0.4 is 5.32 Å². The molecule has 0 bridgehead atoms. The fourth-order valence-corrected chi connectivity index (χ4v) is 1.90. The average Bonchev–Trinajstić information content (AvgIpc) is 2.78. The van der Waals surface area contributed by atoms with Crippen molar-refractivity contribution in [3.05, 3.63) is 0 Å². The van der Waals surface area contributed by atoms with Gasteiger partial charge in [-0.3, -0.25) is 0 Å². The van der Waals surface area contributed by atoms with E-state index in [-0.39, 0.29) is 6.29 Å². The molecule has 1 atom stereocenters. The third-order valence-electron chi connectivity index (χ3n) is 2.75. The Bertz CT molecular complexity index is 160. The fourth-order valence-electron chi connectivity index (χ4n) is 1.90. The standard InChI is InChI=1S/C12H25NO3/c1-3-6-13-11(5-4-7-14-2)10-12-15-8-9-16-12/h11-13H,3-10H2,1-2H3. The van der Waals surface area contributed by atoms with Gasteiger partial charge < -0.3 is 19.5 Å².